The second kappa shape index (κ2) is 10.4. The number of ether oxygens (including phenoxy) is 3. The van der Waals surface area contributed by atoms with Crippen LogP contribution in [0.15, 0.2) is 63.8 Å². The highest BCUT2D eigenvalue weighted by Gasteiger charge is 2.42. The van der Waals surface area contributed by atoms with Gasteiger partial charge in [0, 0.05) is 11.6 Å². The molecule has 8 heteroatoms. The third-order valence-corrected chi connectivity index (χ3v) is 7.25. The molecule has 4 aromatic rings. The maximum Gasteiger partial charge on any atom is 0.290 e. The Morgan fingerprint density at radius 1 is 0.974 bits per heavy atom. The number of methoxy groups -OCH3 is 2. The Kier molecular flexibility index (Phi) is 7.04. The molecule has 1 aliphatic heterocycles. The monoisotopic (exact) mass is 533 g/mol. The van der Waals surface area contributed by atoms with Crippen LogP contribution in [0, 0.1) is 6.92 Å². The molecule has 0 saturated carbocycles. The molecule has 5 rings (SSSR count). The van der Waals surface area contributed by atoms with Gasteiger partial charge in [-0.1, -0.05) is 29.8 Å². The second-order valence-corrected chi connectivity index (χ2v) is 9.52. The predicted octanol–water partition coefficient (Wildman–Crippen LogP) is 5.96. The minimum absolute atomic E-state index is 0.0652. The Balaban J connectivity index is 1.59. The molecule has 1 amide bonds. The van der Waals surface area contributed by atoms with Gasteiger partial charge >= 0.3 is 0 Å². The molecule has 0 fully saturated rings. The molecule has 2 heterocycles. The van der Waals surface area contributed by atoms with Crippen LogP contribution in [-0.4, -0.2) is 38.2 Å². The Bertz CT molecular complexity index is 1580. The van der Waals surface area contributed by atoms with Gasteiger partial charge in [0.1, 0.15) is 11.3 Å². The third kappa shape index (κ3) is 4.47. The fraction of sp³-hybridized carbons (Fsp3) is 0.267. The largest absolute Gasteiger partial charge is 0.494 e. The van der Waals surface area contributed by atoms with Crippen LogP contribution < -0.4 is 19.6 Å². The van der Waals surface area contributed by atoms with E-state index in [0.717, 1.165) is 16.7 Å². The van der Waals surface area contributed by atoms with Crippen LogP contribution in [0.4, 0.5) is 0 Å². The summed E-state index contributed by atoms with van der Waals surface area (Å²) < 4.78 is 22.5. The summed E-state index contributed by atoms with van der Waals surface area (Å²) in [7, 11) is 3.17. The maximum atomic E-state index is 13.8. The van der Waals surface area contributed by atoms with Crippen molar-refractivity contribution in [3.05, 3.63) is 97.9 Å². The Morgan fingerprint density at radius 3 is 2.39 bits per heavy atom. The highest BCUT2D eigenvalue weighted by Crippen LogP contribution is 2.39. The van der Waals surface area contributed by atoms with Crippen LogP contribution in [0.2, 0.25) is 5.02 Å². The van der Waals surface area contributed by atoms with E-state index in [1.54, 1.807) is 31.3 Å². The molecule has 0 aliphatic carbocycles. The molecule has 1 aliphatic rings. The SMILES string of the molecule is CCOc1ccc(C2c3c(oc4cc(C)c(Cl)cc4c3=O)C(=O)N2CCc2ccc(OC)c(OC)c2)cc1. The zero-order chi connectivity index (χ0) is 27.0. The lowest BCUT2D eigenvalue weighted by Crippen LogP contribution is -2.31. The van der Waals surface area contributed by atoms with E-state index >= 15 is 0 Å². The van der Waals surface area contributed by atoms with E-state index < -0.39 is 6.04 Å². The number of fused-ring (bicyclic) bond motifs is 2. The summed E-state index contributed by atoms with van der Waals surface area (Å²) in [4.78, 5) is 29.2. The van der Waals surface area contributed by atoms with Crippen molar-refractivity contribution in [1.82, 2.24) is 4.90 Å². The molecule has 0 radical (unpaired) electrons. The summed E-state index contributed by atoms with van der Waals surface area (Å²) in [5, 5.41) is 0.821. The molecule has 0 spiro atoms. The van der Waals surface area contributed by atoms with E-state index in [0.29, 0.717) is 58.4 Å². The van der Waals surface area contributed by atoms with E-state index in [2.05, 4.69) is 0 Å². The van der Waals surface area contributed by atoms with Gasteiger partial charge in [0.2, 0.25) is 5.76 Å². The van der Waals surface area contributed by atoms with Gasteiger partial charge in [0.15, 0.2) is 16.9 Å². The number of carbonyl (C=O) groups excluding carboxylic acids is 1. The van der Waals surface area contributed by atoms with Gasteiger partial charge in [-0.3, -0.25) is 9.59 Å². The summed E-state index contributed by atoms with van der Waals surface area (Å²) in [5.74, 6) is 1.69. The van der Waals surface area contributed by atoms with Crippen LogP contribution in [0.25, 0.3) is 11.0 Å². The number of aryl methyl sites for hydroxylation is 1. The number of rotatable bonds is 8. The molecule has 3 aromatic carbocycles. The van der Waals surface area contributed by atoms with E-state index in [4.69, 9.17) is 30.2 Å². The summed E-state index contributed by atoms with van der Waals surface area (Å²) >= 11 is 6.34. The summed E-state index contributed by atoms with van der Waals surface area (Å²) in [6.45, 7) is 4.64. The minimum atomic E-state index is -0.617. The average molecular weight is 534 g/mol. The molecule has 7 nitrogen and oxygen atoms in total. The number of hydrogen-bond acceptors (Lipinski definition) is 6. The van der Waals surface area contributed by atoms with Gasteiger partial charge in [-0.25, -0.2) is 0 Å². The first kappa shape index (κ1) is 25.7. The van der Waals surface area contributed by atoms with Crippen LogP contribution >= 0.6 is 11.6 Å². The quantitative estimate of drug-likeness (QED) is 0.278. The second-order valence-electron chi connectivity index (χ2n) is 9.11. The van der Waals surface area contributed by atoms with Crippen LogP contribution in [0.3, 0.4) is 0 Å². The summed E-state index contributed by atoms with van der Waals surface area (Å²) in [5.41, 5.74) is 2.92. The maximum absolute atomic E-state index is 13.8. The van der Waals surface area contributed by atoms with Crippen LogP contribution in [-0.2, 0) is 6.42 Å². The minimum Gasteiger partial charge on any atom is -0.494 e. The Hall–Kier alpha value is -3.97. The number of carbonyl (C=O) groups is 1. The van der Waals surface area contributed by atoms with E-state index in [9.17, 15) is 9.59 Å². The molecule has 1 atom stereocenters. The number of benzene rings is 3. The van der Waals surface area contributed by atoms with Gasteiger partial charge in [-0.2, -0.15) is 0 Å². The smallest absolute Gasteiger partial charge is 0.290 e. The predicted molar refractivity (Wildman–Crippen MR) is 146 cm³/mol. The van der Waals surface area contributed by atoms with E-state index in [1.165, 1.54) is 0 Å². The van der Waals surface area contributed by atoms with Gasteiger partial charge in [-0.05, 0) is 73.4 Å². The zero-order valence-electron chi connectivity index (χ0n) is 21.7. The van der Waals surface area contributed by atoms with Crippen LogP contribution in [0.1, 0.15) is 45.8 Å². The Labute approximate surface area is 225 Å². The molecule has 0 saturated heterocycles. The van der Waals surface area contributed by atoms with Gasteiger partial charge in [0.05, 0.1) is 37.8 Å². The molecule has 1 aromatic heterocycles. The average Bonchev–Trinajstić information content (AvgIpc) is 3.20. The van der Waals surface area contributed by atoms with Crippen molar-refractivity contribution in [1.29, 1.82) is 0 Å². The number of amides is 1. The lowest BCUT2D eigenvalue weighted by Gasteiger charge is -2.25. The topological polar surface area (TPSA) is 78.2 Å². The van der Waals surface area contributed by atoms with Crippen molar-refractivity contribution < 1.29 is 23.4 Å². The number of nitrogens with zero attached hydrogens (tertiary/aromatic N) is 1. The van der Waals surface area contributed by atoms with Crippen molar-refractivity contribution >= 4 is 28.5 Å². The summed E-state index contributed by atoms with van der Waals surface area (Å²) in [6.07, 6.45) is 0.534. The first-order valence-corrected chi connectivity index (χ1v) is 12.8. The first-order chi connectivity index (χ1) is 18.4. The van der Waals surface area contributed by atoms with Gasteiger partial charge in [-0.15, -0.1) is 0 Å². The van der Waals surface area contributed by atoms with Crippen molar-refractivity contribution in [3.8, 4) is 17.2 Å². The summed E-state index contributed by atoms with van der Waals surface area (Å²) in [6, 6.07) is 15.8. The van der Waals surface area contributed by atoms with Crippen molar-refractivity contribution in [2.45, 2.75) is 26.3 Å². The van der Waals surface area contributed by atoms with Gasteiger partial charge in [0.25, 0.3) is 5.91 Å². The standard InChI is InChI=1S/C30H28ClNO6/c1-5-37-20-9-7-19(8-10-20)27-26-28(33)21-16-22(31)17(2)14-24(21)38-29(26)30(34)32(27)13-12-18-6-11-23(35-3)25(15-18)36-4/h6-11,14-16,27H,5,12-13H2,1-4H3. The number of hydrogen-bond donors (Lipinski definition) is 0. The molecule has 0 N–H and O–H groups in total. The zero-order valence-corrected chi connectivity index (χ0v) is 22.4. The van der Waals surface area contributed by atoms with Gasteiger partial charge < -0.3 is 23.5 Å². The molecular weight excluding hydrogens is 506 g/mol. The van der Waals surface area contributed by atoms with E-state index in [1.807, 2.05) is 56.3 Å². The molecule has 1 unspecified atom stereocenters. The first-order valence-electron chi connectivity index (χ1n) is 12.4. The van der Waals surface area contributed by atoms with Crippen LogP contribution in [0.5, 0.6) is 17.2 Å². The van der Waals surface area contributed by atoms with Crippen molar-refractivity contribution in [3.63, 3.8) is 0 Å². The van der Waals surface area contributed by atoms with E-state index in [-0.39, 0.29) is 17.1 Å². The lowest BCUT2D eigenvalue weighted by molar-refractivity contribution is 0.0730. The Morgan fingerprint density at radius 2 is 1.71 bits per heavy atom. The third-order valence-electron chi connectivity index (χ3n) is 6.84. The molecule has 38 heavy (non-hydrogen) atoms. The highest BCUT2D eigenvalue weighted by atomic mass is 35.5. The van der Waals surface area contributed by atoms with Crippen molar-refractivity contribution in [2.75, 3.05) is 27.4 Å². The van der Waals surface area contributed by atoms with Crippen molar-refractivity contribution in [2.24, 2.45) is 0 Å². The lowest BCUT2D eigenvalue weighted by atomic mass is 9.98. The fourth-order valence-electron chi connectivity index (χ4n) is 4.92. The number of halogens is 1. The molecule has 0 bridgehead atoms. The molecular formula is C30H28ClNO6. The molecule has 196 valence electrons. The highest BCUT2D eigenvalue weighted by molar-refractivity contribution is 6.32. The fourth-order valence-corrected chi connectivity index (χ4v) is 5.08. The normalized spacial score (nSPS) is 14.6.